The Kier molecular flexibility index (Phi) is 5.54. The van der Waals surface area contributed by atoms with Gasteiger partial charge in [0.1, 0.15) is 5.76 Å². The lowest BCUT2D eigenvalue weighted by Gasteiger charge is -2.36. The molecule has 0 aliphatic carbocycles. The van der Waals surface area contributed by atoms with Crippen LogP contribution in [0.2, 0.25) is 5.02 Å². The van der Waals surface area contributed by atoms with E-state index in [0.29, 0.717) is 6.54 Å². The van der Waals surface area contributed by atoms with Gasteiger partial charge in [-0.3, -0.25) is 4.90 Å². The lowest BCUT2D eigenvalue weighted by molar-refractivity contribution is 0.174. The summed E-state index contributed by atoms with van der Waals surface area (Å²) in [5, 5.41) is 4.88. The Morgan fingerprint density at radius 3 is 2.61 bits per heavy atom. The third kappa shape index (κ3) is 4.47. The molecule has 1 aliphatic heterocycles. The van der Waals surface area contributed by atoms with Gasteiger partial charge in [-0.05, 0) is 36.0 Å². The van der Waals surface area contributed by atoms with Crippen LogP contribution in [0.25, 0.3) is 0 Å². The van der Waals surface area contributed by atoms with Crippen molar-refractivity contribution in [2.24, 2.45) is 0 Å². The molecule has 0 radical (unpaired) electrons. The van der Waals surface area contributed by atoms with Crippen LogP contribution in [0.4, 0.5) is 0 Å². The minimum absolute atomic E-state index is 0.631. The molecule has 1 aliphatic rings. The Hall–Kier alpha value is -1.56. The first-order chi connectivity index (χ1) is 11.2. The molecule has 1 saturated heterocycles. The van der Waals surface area contributed by atoms with E-state index in [4.69, 9.17) is 28.2 Å². The Morgan fingerprint density at radius 1 is 1.13 bits per heavy atom. The average Bonchev–Trinajstić information content (AvgIpc) is 3.09. The minimum atomic E-state index is 0.631. The topological polar surface area (TPSA) is 31.7 Å². The number of nitrogens with zero attached hydrogens (tertiary/aromatic N) is 2. The lowest BCUT2D eigenvalue weighted by Crippen LogP contribution is -2.51. The first-order valence-corrected chi connectivity index (χ1v) is 8.52. The van der Waals surface area contributed by atoms with Crippen molar-refractivity contribution in [2.45, 2.75) is 13.1 Å². The zero-order chi connectivity index (χ0) is 16.1. The van der Waals surface area contributed by atoms with Crippen LogP contribution >= 0.6 is 23.8 Å². The summed E-state index contributed by atoms with van der Waals surface area (Å²) in [6.45, 7) is 5.33. The van der Waals surface area contributed by atoms with E-state index in [1.165, 1.54) is 5.56 Å². The van der Waals surface area contributed by atoms with Crippen molar-refractivity contribution >= 4 is 28.9 Å². The summed E-state index contributed by atoms with van der Waals surface area (Å²) in [7, 11) is 0. The molecule has 2 heterocycles. The van der Waals surface area contributed by atoms with Crippen molar-refractivity contribution in [3.8, 4) is 0 Å². The summed E-state index contributed by atoms with van der Waals surface area (Å²) in [6.07, 6.45) is 1.67. The van der Waals surface area contributed by atoms with Gasteiger partial charge in [0.25, 0.3) is 0 Å². The smallest absolute Gasteiger partial charge is 0.169 e. The summed E-state index contributed by atoms with van der Waals surface area (Å²) in [5.41, 5.74) is 1.18. The highest BCUT2D eigenvalue weighted by molar-refractivity contribution is 7.80. The van der Waals surface area contributed by atoms with E-state index >= 15 is 0 Å². The normalized spacial score (nSPS) is 15.6. The second-order valence-electron chi connectivity index (χ2n) is 5.59. The van der Waals surface area contributed by atoms with E-state index in [1.54, 1.807) is 6.26 Å². The number of piperazine rings is 1. The van der Waals surface area contributed by atoms with E-state index in [9.17, 15) is 0 Å². The summed E-state index contributed by atoms with van der Waals surface area (Å²) in [5.74, 6) is 0.893. The van der Waals surface area contributed by atoms with Gasteiger partial charge in [0.2, 0.25) is 0 Å². The van der Waals surface area contributed by atoms with Crippen molar-refractivity contribution in [1.82, 2.24) is 15.1 Å². The van der Waals surface area contributed by atoms with Gasteiger partial charge in [0.05, 0.1) is 12.8 Å². The van der Waals surface area contributed by atoms with Crippen LogP contribution in [0.1, 0.15) is 11.3 Å². The highest BCUT2D eigenvalue weighted by atomic mass is 35.5. The van der Waals surface area contributed by atoms with Gasteiger partial charge >= 0.3 is 0 Å². The fourth-order valence-corrected chi connectivity index (χ4v) is 3.11. The molecule has 1 aromatic heterocycles. The molecule has 2 aromatic rings. The molecule has 4 nitrogen and oxygen atoms in total. The van der Waals surface area contributed by atoms with E-state index in [-0.39, 0.29) is 0 Å². The molecule has 6 heteroatoms. The van der Waals surface area contributed by atoms with Crippen LogP contribution in [-0.4, -0.2) is 41.1 Å². The Labute approximate surface area is 147 Å². The summed E-state index contributed by atoms with van der Waals surface area (Å²) >= 11 is 11.7. The van der Waals surface area contributed by atoms with Crippen LogP contribution in [0.15, 0.2) is 47.1 Å². The number of benzene rings is 1. The van der Waals surface area contributed by atoms with E-state index in [2.05, 4.69) is 21.2 Å². The van der Waals surface area contributed by atoms with Crippen LogP contribution in [0.3, 0.4) is 0 Å². The maximum absolute atomic E-state index is 6.24. The summed E-state index contributed by atoms with van der Waals surface area (Å²) < 4.78 is 5.30. The van der Waals surface area contributed by atoms with Gasteiger partial charge < -0.3 is 14.6 Å². The van der Waals surface area contributed by atoms with Gasteiger partial charge in [0, 0.05) is 37.7 Å². The van der Waals surface area contributed by atoms with E-state index in [0.717, 1.165) is 48.6 Å². The molecule has 0 bridgehead atoms. The van der Waals surface area contributed by atoms with Crippen LogP contribution in [0.5, 0.6) is 0 Å². The van der Waals surface area contributed by atoms with Crippen molar-refractivity contribution in [3.05, 3.63) is 59.0 Å². The molecule has 0 unspecified atom stereocenters. The van der Waals surface area contributed by atoms with Crippen molar-refractivity contribution in [1.29, 1.82) is 0 Å². The molecule has 23 heavy (non-hydrogen) atoms. The number of thiocarbonyl (C=S) groups is 1. The zero-order valence-electron chi connectivity index (χ0n) is 12.9. The lowest BCUT2D eigenvalue weighted by atomic mass is 10.2. The molecular formula is C17H20ClN3OS. The number of halogens is 1. The van der Waals surface area contributed by atoms with Gasteiger partial charge in [-0.25, -0.2) is 0 Å². The minimum Gasteiger partial charge on any atom is -0.467 e. The molecule has 1 aromatic carbocycles. The molecule has 1 fully saturated rings. The molecule has 0 atom stereocenters. The Bertz CT molecular complexity index is 639. The van der Waals surface area contributed by atoms with E-state index < -0.39 is 0 Å². The van der Waals surface area contributed by atoms with Crippen LogP contribution < -0.4 is 5.32 Å². The fourth-order valence-electron chi connectivity index (χ4n) is 2.66. The fraction of sp³-hybridized carbons (Fsp3) is 0.353. The number of hydrogen-bond donors (Lipinski definition) is 1. The predicted octanol–water partition coefficient (Wildman–Crippen LogP) is 3.13. The second kappa shape index (κ2) is 7.81. The second-order valence-corrected chi connectivity index (χ2v) is 6.39. The largest absolute Gasteiger partial charge is 0.467 e. The predicted molar refractivity (Wildman–Crippen MR) is 96.4 cm³/mol. The van der Waals surface area contributed by atoms with E-state index in [1.807, 2.05) is 30.3 Å². The molecule has 0 spiro atoms. The number of furan rings is 1. The third-order valence-electron chi connectivity index (χ3n) is 4.01. The van der Waals surface area contributed by atoms with Crippen molar-refractivity contribution in [2.75, 3.05) is 26.2 Å². The third-order valence-corrected chi connectivity index (χ3v) is 4.78. The average molecular weight is 350 g/mol. The number of hydrogen-bond acceptors (Lipinski definition) is 3. The Balaban J connectivity index is 1.44. The number of nitrogens with one attached hydrogen (secondary N) is 1. The first kappa shape index (κ1) is 16.3. The summed E-state index contributed by atoms with van der Waals surface area (Å²) in [4.78, 5) is 4.62. The molecule has 122 valence electrons. The van der Waals surface area contributed by atoms with Gasteiger partial charge in [0.15, 0.2) is 5.11 Å². The zero-order valence-corrected chi connectivity index (χ0v) is 14.4. The Morgan fingerprint density at radius 2 is 1.91 bits per heavy atom. The molecule has 0 amide bonds. The molecule has 1 N–H and O–H groups in total. The standard InChI is InChI=1S/C17H20ClN3OS/c18-16-6-2-1-4-14(16)13-20-7-9-21(10-8-20)17(23)19-12-15-5-3-11-22-15/h1-6,11H,7-10,12-13H2,(H,19,23). The highest BCUT2D eigenvalue weighted by Crippen LogP contribution is 2.17. The number of rotatable bonds is 4. The molecular weight excluding hydrogens is 330 g/mol. The van der Waals surface area contributed by atoms with Crippen molar-refractivity contribution in [3.63, 3.8) is 0 Å². The maximum atomic E-state index is 6.24. The first-order valence-electron chi connectivity index (χ1n) is 7.73. The SMILES string of the molecule is S=C(NCc1ccco1)N1CCN(Cc2ccccc2Cl)CC1. The van der Waals surface area contributed by atoms with Crippen LogP contribution in [-0.2, 0) is 13.1 Å². The van der Waals surface area contributed by atoms with Gasteiger partial charge in [-0.1, -0.05) is 29.8 Å². The highest BCUT2D eigenvalue weighted by Gasteiger charge is 2.19. The molecule has 3 rings (SSSR count). The van der Waals surface area contributed by atoms with Gasteiger partial charge in [-0.2, -0.15) is 0 Å². The summed E-state index contributed by atoms with van der Waals surface area (Å²) in [6, 6.07) is 11.9. The van der Waals surface area contributed by atoms with Gasteiger partial charge in [-0.15, -0.1) is 0 Å². The maximum Gasteiger partial charge on any atom is 0.169 e. The molecule has 0 saturated carbocycles. The quantitative estimate of drug-likeness (QED) is 0.857. The van der Waals surface area contributed by atoms with Crippen LogP contribution in [0, 0.1) is 0 Å². The van der Waals surface area contributed by atoms with Crippen molar-refractivity contribution < 1.29 is 4.42 Å². The monoisotopic (exact) mass is 349 g/mol.